The van der Waals surface area contributed by atoms with Gasteiger partial charge in [-0.2, -0.15) is 0 Å². The summed E-state index contributed by atoms with van der Waals surface area (Å²) >= 11 is 0. The van der Waals surface area contributed by atoms with Gasteiger partial charge >= 0.3 is 5.97 Å². The second-order valence-corrected chi connectivity index (χ2v) is 4.93. The summed E-state index contributed by atoms with van der Waals surface area (Å²) in [5, 5.41) is 9.80. The number of pyridine rings is 1. The Bertz CT molecular complexity index is 979. The van der Waals surface area contributed by atoms with Gasteiger partial charge in [0, 0.05) is 10.9 Å². The number of aromatic nitrogens is 1. The van der Waals surface area contributed by atoms with E-state index in [-0.39, 0.29) is 22.4 Å². The quantitative estimate of drug-likeness (QED) is 0.767. The molecule has 3 aromatic rings. The van der Waals surface area contributed by atoms with E-state index in [1.807, 2.05) is 0 Å². The first kappa shape index (κ1) is 15.5. The zero-order valence-corrected chi connectivity index (χ0v) is 12.5. The van der Waals surface area contributed by atoms with E-state index in [0.717, 1.165) is 12.1 Å². The predicted molar refractivity (Wildman–Crippen MR) is 84.6 cm³/mol. The van der Waals surface area contributed by atoms with Crippen LogP contribution in [0.1, 0.15) is 10.4 Å². The van der Waals surface area contributed by atoms with E-state index in [9.17, 15) is 19.1 Å². The summed E-state index contributed by atoms with van der Waals surface area (Å²) in [7, 11) is 1.45. The molecule has 7 heteroatoms. The van der Waals surface area contributed by atoms with E-state index >= 15 is 0 Å². The van der Waals surface area contributed by atoms with Crippen LogP contribution in [-0.4, -0.2) is 23.2 Å². The van der Waals surface area contributed by atoms with Gasteiger partial charge in [0.05, 0.1) is 7.11 Å². The Morgan fingerprint density at radius 3 is 2.42 bits per heavy atom. The number of carbonyl (C=O) groups is 1. The van der Waals surface area contributed by atoms with Crippen molar-refractivity contribution in [2.75, 3.05) is 7.11 Å². The molecular weight excluding hydrogens is 317 g/mol. The third-order valence-electron chi connectivity index (χ3n) is 3.42. The van der Waals surface area contributed by atoms with E-state index in [1.165, 1.54) is 25.3 Å². The van der Waals surface area contributed by atoms with Crippen LogP contribution in [0.15, 0.2) is 47.3 Å². The Morgan fingerprint density at radius 1 is 1.12 bits per heavy atom. The fourth-order valence-electron chi connectivity index (χ4n) is 2.31. The number of aromatic carboxylic acids is 1. The van der Waals surface area contributed by atoms with Crippen molar-refractivity contribution in [2.24, 2.45) is 0 Å². The van der Waals surface area contributed by atoms with Crippen LogP contribution < -0.4 is 15.0 Å². The van der Waals surface area contributed by atoms with Crippen LogP contribution in [0.25, 0.3) is 10.9 Å². The highest BCUT2D eigenvalue weighted by Crippen LogP contribution is 2.29. The lowest BCUT2D eigenvalue weighted by molar-refractivity contribution is 0.0696. The maximum Gasteiger partial charge on any atom is 0.340 e. The predicted octanol–water partition coefficient (Wildman–Crippen LogP) is 3.17. The molecule has 0 aliphatic heterocycles. The summed E-state index contributed by atoms with van der Waals surface area (Å²) < 4.78 is 23.5. The Labute approximate surface area is 135 Å². The number of carboxylic acid groups (broad SMARTS) is 1. The zero-order chi connectivity index (χ0) is 17.3. The molecule has 0 aliphatic rings. The van der Waals surface area contributed by atoms with E-state index in [2.05, 4.69) is 4.98 Å². The smallest absolute Gasteiger partial charge is 0.340 e. The van der Waals surface area contributed by atoms with Gasteiger partial charge in [-0.3, -0.25) is 4.79 Å². The van der Waals surface area contributed by atoms with Crippen LogP contribution in [0, 0.1) is 5.82 Å². The highest BCUT2D eigenvalue weighted by Gasteiger charge is 2.21. The minimum atomic E-state index is -1.32. The Morgan fingerprint density at radius 2 is 1.79 bits per heavy atom. The van der Waals surface area contributed by atoms with Gasteiger partial charge in [-0.25, -0.2) is 9.18 Å². The van der Waals surface area contributed by atoms with E-state index in [4.69, 9.17) is 9.47 Å². The highest BCUT2D eigenvalue weighted by molar-refractivity contribution is 6.05. The lowest BCUT2D eigenvalue weighted by Gasteiger charge is -2.11. The largest absolute Gasteiger partial charge is 0.497 e. The molecule has 6 nitrogen and oxygen atoms in total. The molecule has 0 fully saturated rings. The second-order valence-electron chi connectivity index (χ2n) is 4.93. The number of nitrogens with one attached hydrogen (secondary N) is 1. The van der Waals surface area contributed by atoms with Crippen molar-refractivity contribution in [3.8, 4) is 17.2 Å². The number of rotatable bonds is 4. The summed E-state index contributed by atoms with van der Waals surface area (Å²) in [6, 6.07) is 9.54. The fourth-order valence-corrected chi connectivity index (χ4v) is 2.31. The number of hydrogen-bond donors (Lipinski definition) is 2. The maximum absolute atomic E-state index is 13.0. The number of carboxylic acids is 1. The van der Waals surface area contributed by atoms with Crippen molar-refractivity contribution in [3.63, 3.8) is 0 Å². The van der Waals surface area contributed by atoms with Gasteiger partial charge in [0.1, 0.15) is 22.9 Å². The van der Waals surface area contributed by atoms with Crippen molar-refractivity contribution < 1.29 is 23.8 Å². The van der Waals surface area contributed by atoms with Crippen molar-refractivity contribution >= 4 is 16.9 Å². The molecule has 2 N–H and O–H groups in total. The van der Waals surface area contributed by atoms with Crippen molar-refractivity contribution in [1.82, 2.24) is 4.98 Å². The van der Waals surface area contributed by atoms with E-state index in [0.29, 0.717) is 11.3 Å². The molecule has 0 atom stereocenters. The maximum atomic E-state index is 13.0. The lowest BCUT2D eigenvalue weighted by Crippen LogP contribution is -2.15. The molecule has 1 aromatic heterocycles. The lowest BCUT2D eigenvalue weighted by atomic mass is 10.1. The van der Waals surface area contributed by atoms with Gasteiger partial charge < -0.3 is 19.6 Å². The van der Waals surface area contributed by atoms with Crippen LogP contribution in [0.5, 0.6) is 17.2 Å². The van der Waals surface area contributed by atoms with Gasteiger partial charge in [-0.05, 0) is 42.5 Å². The first-order valence-corrected chi connectivity index (χ1v) is 6.90. The molecule has 122 valence electrons. The first-order chi connectivity index (χ1) is 11.5. The van der Waals surface area contributed by atoms with Gasteiger partial charge in [-0.15, -0.1) is 0 Å². The van der Waals surface area contributed by atoms with Crippen LogP contribution in [0.4, 0.5) is 4.39 Å². The average Bonchev–Trinajstić information content (AvgIpc) is 2.56. The van der Waals surface area contributed by atoms with Crippen LogP contribution in [0.3, 0.4) is 0 Å². The number of H-pyrrole nitrogens is 1. The highest BCUT2D eigenvalue weighted by atomic mass is 19.1. The molecule has 24 heavy (non-hydrogen) atoms. The standard InChI is InChI=1S/C17H12FNO5/c1-23-11-6-7-13-12(8-11)14(17(21)22)15(16(20)19-13)24-10-4-2-9(18)3-5-10/h2-8H,1H3,(H,19,20)(H,21,22). The fraction of sp³-hybridized carbons (Fsp3) is 0.0588. The number of fused-ring (bicyclic) bond motifs is 1. The van der Waals surface area contributed by atoms with E-state index in [1.54, 1.807) is 12.1 Å². The van der Waals surface area contributed by atoms with Gasteiger partial charge in [0.2, 0.25) is 5.75 Å². The third kappa shape index (κ3) is 2.79. The minimum absolute atomic E-state index is 0.145. The van der Waals surface area contributed by atoms with Crippen molar-refractivity contribution in [2.45, 2.75) is 0 Å². The SMILES string of the molecule is COc1ccc2[nH]c(=O)c(Oc3ccc(F)cc3)c(C(=O)O)c2c1. The number of methoxy groups -OCH3 is 1. The molecule has 0 bridgehead atoms. The van der Waals surface area contributed by atoms with Crippen molar-refractivity contribution in [1.29, 1.82) is 0 Å². The summed E-state index contributed by atoms with van der Waals surface area (Å²) in [5.41, 5.74) is -0.656. The zero-order valence-electron chi connectivity index (χ0n) is 12.5. The third-order valence-corrected chi connectivity index (χ3v) is 3.42. The summed E-state index contributed by atoms with van der Waals surface area (Å²) in [6.07, 6.45) is 0. The molecule has 1 heterocycles. The number of hydrogen-bond acceptors (Lipinski definition) is 4. The molecular formula is C17H12FNO5. The van der Waals surface area contributed by atoms with Crippen LogP contribution in [-0.2, 0) is 0 Å². The molecule has 0 spiro atoms. The Hall–Kier alpha value is -3.35. The monoisotopic (exact) mass is 329 g/mol. The molecule has 0 unspecified atom stereocenters. The topological polar surface area (TPSA) is 88.6 Å². The molecule has 2 aromatic carbocycles. The normalized spacial score (nSPS) is 10.6. The average molecular weight is 329 g/mol. The summed E-state index contributed by atoms with van der Waals surface area (Å²) in [5.74, 6) is -1.60. The number of aromatic amines is 1. The molecule has 0 saturated carbocycles. The van der Waals surface area contributed by atoms with Crippen LogP contribution in [0.2, 0.25) is 0 Å². The molecule has 0 saturated heterocycles. The molecule has 3 rings (SSSR count). The summed E-state index contributed by atoms with van der Waals surface area (Å²) in [4.78, 5) is 26.5. The Kier molecular flexibility index (Phi) is 3.91. The molecule has 0 amide bonds. The van der Waals surface area contributed by atoms with Gasteiger partial charge in [-0.1, -0.05) is 0 Å². The second kappa shape index (κ2) is 6.04. The van der Waals surface area contributed by atoms with Crippen molar-refractivity contribution in [3.05, 3.63) is 64.2 Å². The number of ether oxygens (including phenoxy) is 2. The Balaban J connectivity index is 2.23. The number of benzene rings is 2. The first-order valence-electron chi connectivity index (χ1n) is 6.90. The number of halogens is 1. The minimum Gasteiger partial charge on any atom is -0.497 e. The summed E-state index contributed by atoms with van der Waals surface area (Å²) in [6.45, 7) is 0. The van der Waals surface area contributed by atoms with Crippen LogP contribution >= 0.6 is 0 Å². The van der Waals surface area contributed by atoms with Gasteiger partial charge in [0.15, 0.2) is 0 Å². The van der Waals surface area contributed by atoms with Gasteiger partial charge in [0.25, 0.3) is 5.56 Å². The van der Waals surface area contributed by atoms with E-state index < -0.39 is 17.3 Å². The molecule has 0 radical (unpaired) electrons. The molecule has 0 aliphatic carbocycles.